The molecule has 0 saturated heterocycles. The summed E-state index contributed by atoms with van der Waals surface area (Å²) in [5.74, 6) is 2.10. The summed E-state index contributed by atoms with van der Waals surface area (Å²) in [6.45, 7) is 4.72. The van der Waals surface area contributed by atoms with Gasteiger partial charge in [0, 0.05) is 11.8 Å². The minimum atomic E-state index is -0.583. The fourth-order valence-electron chi connectivity index (χ4n) is 7.08. The highest BCUT2D eigenvalue weighted by molar-refractivity contribution is 5.50. The van der Waals surface area contributed by atoms with E-state index in [2.05, 4.69) is 26.0 Å². The summed E-state index contributed by atoms with van der Waals surface area (Å²) in [5, 5.41) is 19.4. The van der Waals surface area contributed by atoms with E-state index in [0.717, 1.165) is 44.8 Å². The number of allylic oxidation sites excluding steroid dienone is 4. The molecule has 2 fully saturated rings. The zero-order chi connectivity index (χ0) is 18.5. The Bertz CT molecular complexity index is 635. The molecule has 4 aliphatic carbocycles. The van der Waals surface area contributed by atoms with Crippen molar-refractivity contribution in [1.82, 2.24) is 0 Å². The SMILES string of the molecule is C[C@]12CCC(C(O)CO)CC1=CC[C@@H]1C2=CC[C@]2(C)[C@@H](CC=O)CC[C@@H]12. The van der Waals surface area contributed by atoms with Gasteiger partial charge in [0.15, 0.2) is 0 Å². The summed E-state index contributed by atoms with van der Waals surface area (Å²) >= 11 is 0. The highest BCUT2D eigenvalue weighted by Crippen LogP contribution is 2.64. The molecule has 0 aromatic carbocycles. The van der Waals surface area contributed by atoms with E-state index in [1.807, 2.05) is 0 Å². The average molecular weight is 359 g/mol. The Labute approximate surface area is 157 Å². The lowest BCUT2D eigenvalue weighted by Gasteiger charge is -2.54. The van der Waals surface area contributed by atoms with Gasteiger partial charge in [-0.3, -0.25) is 0 Å². The molecule has 0 heterocycles. The first kappa shape index (κ1) is 18.4. The number of carbonyl (C=O) groups is 1. The third kappa shape index (κ3) is 2.57. The normalized spacial score (nSPS) is 45.7. The maximum atomic E-state index is 11.1. The van der Waals surface area contributed by atoms with Gasteiger partial charge in [0.05, 0.1) is 12.7 Å². The van der Waals surface area contributed by atoms with Crippen LogP contribution in [0.15, 0.2) is 23.3 Å². The van der Waals surface area contributed by atoms with Gasteiger partial charge in [-0.25, -0.2) is 0 Å². The van der Waals surface area contributed by atoms with Crippen LogP contribution in [-0.4, -0.2) is 29.2 Å². The van der Waals surface area contributed by atoms with Crippen LogP contribution in [0.5, 0.6) is 0 Å². The molecule has 0 bridgehead atoms. The number of aliphatic hydroxyl groups is 2. The second kappa shape index (κ2) is 6.60. The summed E-state index contributed by atoms with van der Waals surface area (Å²) in [6, 6.07) is 0. The lowest BCUT2D eigenvalue weighted by molar-refractivity contribution is -0.109. The number of fused-ring (bicyclic) bond motifs is 5. The fraction of sp³-hybridized carbons (Fsp3) is 0.783. The van der Waals surface area contributed by atoms with E-state index in [1.54, 1.807) is 5.57 Å². The van der Waals surface area contributed by atoms with Crippen LogP contribution in [0.4, 0.5) is 0 Å². The Hall–Kier alpha value is -0.930. The standard InChI is InChI=1S/C23H34O3/c1-22-11-8-20-18(19(22)6-4-16(22)9-12-24)5-3-17-13-15(21(26)14-25)7-10-23(17,20)2/h3,8,12,15-16,18-19,21,25-26H,4-7,9-11,13-14H2,1-2H3/t15?,16-,18+,19+,21?,22-,23+/m1/s1. The number of aliphatic hydroxyl groups excluding tert-OH is 2. The van der Waals surface area contributed by atoms with Crippen LogP contribution in [0.3, 0.4) is 0 Å². The molecule has 0 spiro atoms. The smallest absolute Gasteiger partial charge is 0.120 e. The minimum Gasteiger partial charge on any atom is -0.394 e. The molecule has 0 amide bonds. The predicted molar refractivity (Wildman–Crippen MR) is 102 cm³/mol. The van der Waals surface area contributed by atoms with E-state index < -0.39 is 6.10 Å². The van der Waals surface area contributed by atoms with Gasteiger partial charge in [0.25, 0.3) is 0 Å². The van der Waals surface area contributed by atoms with E-state index in [-0.39, 0.29) is 17.9 Å². The van der Waals surface area contributed by atoms with Crippen molar-refractivity contribution in [2.45, 2.75) is 71.3 Å². The summed E-state index contributed by atoms with van der Waals surface area (Å²) in [6.07, 6.45) is 14.0. The lowest BCUT2D eigenvalue weighted by atomic mass is 9.51. The number of hydrogen-bond donors (Lipinski definition) is 2. The quantitative estimate of drug-likeness (QED) is 0.589. The van der Waals surface area contributed by atoms with Crippen molar-refractivity contribution in [1.29, 1.82) is 0 Å². The third-order valence-electron chi connectivity index (χ3n) is 8.83. The average Bonchev–Trinajstić information content (AvgIpc) is 2.97. The summed E-state index contributed by atoms with van der Waals surface area (Å²) in [7, 11) is 0. The molecular formula is C23H34O3. The van der Waals surface area contributed by atoms with Crippen LogP contribution in [0, 0.1) is 34.5 Å². The van der Waals surface area contributed by atoms with Crippen molar-refractivity contribution in [3.63, 3.8) is 0 Å². The molecule has 3 nitrogen and oxygen atoms in total. The van der Waals surface area contributed by atoms with Gasteiger partial charge in [0.2, 0.25) is 0 Å². The van der Waals surface area contributed by atoms with E-state index in [0.29, 0.717) is 23.2 Å². The fourth-order valence-corrected chi connectivity index (χ4v) is 7.08. The molecule has 0 radical (unpaired) electrons. The van der Waals surface area contributed by atoms with Crippen molar-refractivity contribution >= 4 is 6.29 Å². The second-order valence-electron chi connectivity index (χ2n) is 9.81. The number of aldehydes is 1. The van der Waals surface area contributed by atoms with Crippen LogP contribution in [0.2, 0.25) is 0 Å². The molecule has 0 aromatic heterocycles. The zero-order valence-corrected chi connectivity index (χ0v) is 16.3. The van der Waals surface area contributed by atoms with Gasteiger partial charge in [-0.1, -0.05) is 37.1 Å². The first-order valence-corrected chi connectivity index (χ1v) is 10.6. The van der Waals surface area contributed by atoms with E-state index in [9.17, 15) is 15.0 Å². The van der Waals surface area contributed by atoms with Crippen LogP contribution in [-0.2, 0) is 4.79 Å². The molecule has 7 atom stereocenters. The summed E-state index contributed by atoms with van der Waals surface area (Å²) < 4.78 is 0. The van der Waals surface area contributed by atoms with Gasteiger partial charge in [-0.05, 0) is 74.0 Å². The van der Waals surface area contributed by atoms with Crippen molar-refractivity contribution in [3.05, 3.63) is 23.3 Å². The number of carbonyl (C=O) groups excluding carboxylic acids is 1. The second-order valence-corrected chi connectivity index (χ2v) is 9.81. The van der Waals surface area contributed by atoms with E-state index in [1.165, 1.54) is 18.4 Å². The first-order valence-electron chi connectivity index (χ1n) is 10.6. The number of rotatable bonds is 4. The summed E-state index contributed by atoms with van der Waals surface area (Å²) in [4.78, 5) is 11.1. The largest absolute Gasteiger partial charge is 0.394 e. The Morgan fingerprint density at radius 1 is 1.27 bits per heavy atom. The van der Waals surface area contributed by atoms with Gasteiger partial charge in [0.1, 0.15) is 6.29 Å². The van der Waals surface area contributed by atoms with E-state index in [4.69, 9.17) is 0 Å². The Balaban J connectivity index is 1.62. The van der Waals surface area contributed by atoms with Gasteiger partial charge < -0.3 is 15.0 Å². The monoisotopic (exact) mass is 358 g/mol. The van der Waals surface area contributed by atoms with Crippen LogP contribution in [0.25, 0.3) is 0 Å². The third-order valence-corrected chi connectivity index (χ3v) is 8.83. The molecule has 2 unspecified atom stereocenters. The van der Waals surface area contributed by atoms with Crippen molar-refractivity contribution < 1.29 is 15.0 Å². The van der Waals surface area contributed by atoms with Crippen LogP contribution in [0.1, 0.15) is 65.2 Å². The molecule has 26 heavy (non-hydrogen) atoms. The lowest BCUT2D eigenvalue weighted by Crippen LogP contribution is -2.45. The molecule has 4 aliphatic rings. The van der Waals surface area contributed by atoms with Crippen LogP contribution >= 0.6 is 0 Å². The molecule has 3 heteroatoms. The van der Waals surface area contributed by atoms with Gasteiger partial charge >= 0.3 is 0 Å². The van der Waals surface area contributed by atoms with Crippen molar-refractivity contribution in [2.75, 3.05) is 6.61 Å². The Kier molecular flexibility index (Phi) is 4.68. The molecule has 0 aliphatic heterocycles. The zero-order valence-electron chi connectivity index (χ0n) is 16.3. The molecule has 144 valence electrons. The Morgan fingerprint density at radius 3 is 2.81 bits per heavy atom. The highest BCUT2D eigenvalue weighted by atomic mass is 16.3. The molecule has 0 aromatic rings. The molecule has 2 saturated carbocycles. The number of hydrogen-bond acceptors (Lipinski definition) is 3. The molecule has 2 N–H and O–H groups in total. The van der Waals surface area contributed by atoms with Crippen LogP contribution < -0.4 is 0 Å². The van der Waals surface area contributed by atoms with E-state index >= 15 is 0 Å². The topological polar surface area (TPSA) is 57.5 Å². The van der Waals surface area contributed by atoms with Crippen molar-refractivity contribution in [3.8, 4) is 0 Å². The van der Waals surface area contributed by atoms with Gasteiger partial charge in [-0.15, -0.1) is 0 Å². The minimum absolute atomic E-state index is 0.126. The Morgan fingerprint density at radius 2 is 2.08 bits per heavy atom. The van der Waals surface area contributed by atoms with Gasteiger partial charge in [-0.2, -0.15) is 0 Å². The van der Waals surface area contributed by atoms with Crippen molar-refractivity contribution in [2.24, 2.45) is 34.5 Å². The first-order chi connectivity index (χ1) is 12.4. The summed E-state index contributed by atoms with van der Waals surface area (Å²) in [5.41, 5.74) is 3.59. The maximum absolute atomic E-state index is 11.1. The predicted octanol–water partition coefficient (Wildman–Crippen LogP) is 4.04. The maximum Gasteiger partial charge on any atom is 0.120 e. The molecular weight excluding hydrogens is 324 g/mol. The highest BCUT2D eigenvalue weighted by Gasteiger charge is 2.55. The molecule has 4 rings (SSSR count).